The van der Waals surface area contributed by atoms with Crippen molar-refractivity contribution in [2.24, 2.45) is 0 Å². The number of halogens is 1. The largest absolute Gasteiger partial charge is 0.444 e. The molecule has 2 aliphatic rings. The number of hydrogen-bond donors (Lipinski definition) is 2. The van der Waals surface area contributed by atoms with Gasteiger partial charge in [-0.05, 0) is 61.9 Å². The SMILES string of the molecule is N#Cc1ccn(C2CC(c3ccc(F)cc3)CC2OC(=O)NC2CCCNC2)n1. The molecule has 2 aromatic rings. The molecule has 0 spiro atoms. The number of rotatable bonds is 4. The number of nitrogens with zero attached hydrogens (tertiary/aromatic N) is 3. The summed E-state index contributed by atoms with van der Waals surface area (Å²) in [6.07, 6.45) is 4.20. The Morgan fingerprint density at radius 3 is 2.83 bits per heavy atom. The van der Waals surface area contributed by atoms with Gasteiger partial charge >= 0.3 is 6.09 Å². The van der Waals surface area contributed by atoms with Crippen molar-refractivity contribution < 1.29 is 13.9 Å². The molecule has 29 heavy (non-hydrogen) atoms. The second-order valence-corrected chi connectivity index (χ2v) is 7.71. The quantitative estimate of drug-likeness (QED) is 0.828. The molecule has 1 aliphatic carbocycles. The lowest BCUT2D eigenvalue weighted by molar-refractivity contribution is 0.0715. The highest BCUT2D eigenvalue weighted by molar-refractivity contribution is 5.68. The minimum absolute atomic E-state index is 0.0684. The van der Waals surface area contributed by atoms with Crippen LogP contribution in [-0.4, -0.2) is 41.1 Å². The third-order valence-corrected chi connectivity index (χ3v) is 5.75. The lowest BCUT2D eigenvalue weighted by Crippen LogP contribution is -2.46. The predicted octanol–water partition coefficient (Wildman–Crippen LogP) is 2.86. The maximum absolute atomic E-state index is 13.3. The van der Waals surface area contributed by atoms with Crippen molar-refractivity contribution in [2.45, 2.75) is 49.8 Å². The monoisotopic (exact) mass is 397 g/mol. The fourth-order valence-electron chi connectivity index (χ4n) is 4.28. The van der Waals surface area contributed by atoms with E-state index in [-0.39, 0.29) is 29.9 Å². The van der Waals surface area contributed by atoms with Gasteiger partial charge in [-0.3, -0.25) is 4.68 Å². The van der Waals surface area contributed by atoms with Crippen LogP contribution in [0.5, 0.6) is 0 Å². The maximum Gasteiger partial charge on any atom is 0.407 e. The second-order valence-electron chi connectivity index (χ2n) is 7.71. The fourth-order valence-corrected chi connectivity index (χ4v) is 4.28. The first-order chi connectivity index (χ1) is 14.1. The molecule has 2 N–H and O–H groups in total. The van der Waals surface area contributed by atoms with Gasteiger partial charge in [0.05, 0.1) is 6.04 Å². The van der Waals surface area contributed by atoms with Crippen LogP contribution < -0.4 is 10.6 Å². The molecule has 1 aliphatic heterocycles. The lowest BCUT2D eigenvalue weighted by atomic mass is 9.97. The van der Waals surface area contributed by atoms with Gasteiger partial charge in [-0.15, -0.1) is 0 Å². The molecule has 4 unspecified atom stereocenters. The number of benzene rings is 1. The zero-order chi connectivity index (χ0) is 20.2. The van der Waals surface area contributed by atoms with Gasteiger partial charge in [0.2, 0.25) is 0 Å². The summed E-state index contributed by atoms with van der Waals surface area (Å²) in [7, 11) is 0. The number of ether oxygens (including phenoxy) is 1. The van der Waals surface area contributed by atoms with Crippen molar-refractivity contribution in [2.75, 3.05) is 13.1 Å². The topological polar surface area (TPSA) is 92.0 Å². The van der Waals surface area contributed by atoms with Crippen LogP contribution >= 0.6 is 0 Å². The first kappa shape index (κ1) is 19.4. The maximum atomic E-state index is 13.3. The molecule has 8 heteroatoms. The normalized spacial score (nSPS) is 26.6. The van der Waals surface area contributed by atoms with Gasteiger partial charge in [0.15, 0.2) is 5.69 Å². The molecule has 2 fully saturated rings. The number of alkyl carbamates (subject to hydrolysis) is 1. The minimum atomic E-state index is -0.430. The Balaban J connectivity index is 1.49. The molecule has 2 heterocycles. The van der Waals surface area contributed by atoms with Crippen molar-refractivity contribution in [1.29, 1.82) is 5.26 Å². The number of hydrogen-bond acceptors (Lipinski definition) is 5. The number of nitriles is 1. The summed E-state index contributed by atoms with van der Waals surface area (Å²) in [5, 5.41) is 19.6. The van der Waals surface area contributed by atoms with Gasteiger partial charge in [-0.25, -0.2) is 9.18 Å². The molecule has 1 saturated carbocycles. The molecule has 1 aromatic heterocycles. The highest BCUT2D eigenvalue weighted by atomic mass is 19.1. The number of carbonyl (C=O) groups excluding carboxylic acids is 1. The van der Waals surface area contributed by atoms with E-state index in [1.165, 1.54) is 12.1 Å². The van der Waals surface area contributed by atoms with E-state index in [4.69, 9.17) is 10.00 Å². The molecule has 4 rings (SSSR count). The number of piperidine rings is 1. The van der Waals surface area contributed by atoms with E-state index in [1.807, 2.05) is 6.07 Å². The number of nitrogens with one attached hydrogen (secondary N) is 2. The van der Waals surface area contributed by atoms with Crippen LogP contribution in [0.3, 0.4) is 0 Å². The lowest BCUT2D eigenvalue weighted by Gasteiger charge is -2.25. The van der Waals surface area contributed by atoms with E-state index in [1.54, 1.807) is 29.1 Å². The van der Waals surface area contributed by atoms with Crippen LogP contribution in [0, 0.1) is 17.1 Å². The highest BCUT2D eigenvalue weighted by Gasteiger charge is 2.39. The second kappa shape index (κ2) is 8.62. The Bertz CT molecular complexity index is 885. The third-order valence-electron chi connectivity index (χ3n) is 5.75. The Morgan fingerprint density at radius 2 is 2.14 bits per heavy atom. The van der Waals surface area contributed by atoms with Gasteiger partial charge in [-0.1, -0.05) is 12.1 Å². The summed E-state index contributed by atoms with van der Waals surface area (Å²) in [6.45, 7) is 1.71. The number of amides is 1. The summed E-state index contributed by atoms with van der Waals surface area (Å²) >= 11 is 0. The van der Waals surface area contributed by atoms with Crippen LogP contribution in [0.25, 0.3) is 0 Å². The van der Waals surface area contributed by atoms with Crippen LogP contribution in [0.15, 0.2) is 36.5 Å². The first-order valence-electron chi connectivity index (χ1n) is 10.0. The summed E-state index contributed by atoms with van der Waals surface area (Å²) in [5.41, 5.74) is 1.33. The van der Waals surface area contributed by atoms with Gasteiger partial charge in [0.25, 0.3) is 0 Å². The Morgan fingerprint density at radius 1 is 1.31 bits per heavy atom. The molecule has 1 aromatic carbocycles. The highest BCUT2D eigenvalue weighted by Crippen LogP contribution is 2.42. The van der Waals surface area contributed by atoms with Gasteiger partial charge in [0.1, 0.15) is 18.0 Å². The summed E-state index contributed by atoms with van der Waals surface area (Å²) in [5.74, 6) is -0.160. The summed E-state index contributed by atoms with van der Waals surface area (Å²) in [4.78, 5) is 12.5. The first-order valence-corrected chi connectivity index (χ1v) is 10.0. The van der Waals surface area contributed by atoms with Crippen molar-refractivity contribution in [3.05, 3.63) is 53.6 Å². The molecular formula is C21H24FN5O2. The molecule has 4 atom stereocenters. The van der Waals surface area contributed by atoms with Crippen molar-refractivity contribution in [1.82, 2.24) is 20.4 Å². The zero-order valence-corrected chi connectivity index (χ0v) is 16.1. The number of aromatic nitrogens is 2. The van der Waals surface area contributed by atoms with Crippen LogP contribution in [-0.2, 0) is 4.74 Å². The average Bonchev–Trinajstić information content (AvgIpc) is 3.36. The van der Waals surface area contributed by atoms with Crippen LogP contribution in [0.2, 0.25) is 0 Å². The standard InChI is InChI=1S/C21H24FN5O2/c22-16-5-3-14(4-6-16)15-10-19(27-9-7-17(12-23)26-27)20(11-15)29-21(28)25-18-2-1-8-24-13-18/h3-7,9,15,18-20,24H,1-2,8,10-11,13H2,(H,25,28). The molecule has 0 bridgehead atoms. The summed E-state index contributed by atoms with van der Waals surface area (Å²) < 4.78 is 20.8. The Hall–Kier alpha value is -2.92. The Labute approximate surface area is 168 Å². The minimum Gasteiger partial charge on any atom is -0.444 e. The smallest absolute Gasteiger partial charge is 0.407 e. The van der Waals surface area contributed by atoms with E-state index < -0.39 is 6.09 Å². The van der Waals surface area contributed by atoms with Crippen molar-refractivity contribution >= 4 is 6.09 Å². The Kier molecular flexibility index (Phi) is 5.76. The van der Waals surface area contributed by atoms with E-state index in [0.717, 1.165) is 31.5 Å². The summed E-state index contributed by atoms with van der Waals surface area (Å²) in [6, 6.07) is 10.0. The average molecular weight is 397 g/mol. The van der Waals surface area contributed by atoms with E-state index in [9.17, 15) is 9.18 Å². The third kappa shape index (κ3) is 4.57. The van der Waals surface area contributed by atoms with Crippen molar-refractivity contribution in [3.63, 3.8) is 0 Å². The molecular weight excluding hydrogens is 373 g/mol. The van der Waals surface area contributed by atoms with Gasteiger partial charge < -0.3 is 15.4 Å². The molecule has 1 amide bonds. The van der Waals surface area contributed by atoms with Gasteiger partial charge in [0, 0.05) is 18.8 Å². The molecule has 1 saturated heterocycles. The van der Waals surface area contributed by atoms with Crippen molar-refractivity contribution in [3.8, 4) is 6.07 Å². The van der Waals surface area contributed by atoms with Gasteiger partial charge in [-0.2, -0.15) is 10.4 Å². The molecule has 0 radical (unpaired) electrons. The number of carbonyl (C=O) groups is 1. The van der Waals surface area contributed by atoms with E-state index in [0.29, 0.717) is 18.5 Å². The van der Waals surface area contributed by atoms with E-state index >= 15 is 0 Å². The van der Waals surface area contributed by atoms with Crippen LogP contribution in [0.1, 0.15) is 48.9 Å². The van der Waals surface area contributed by atoms with Crippen LogP contribution in [0.4, 0.5) is 9.18 Å². The zero-order valence-electron chi connectivity index (χ0n) is 16.1. The predicted molar refractivity (Wildman–Crippen MR) is 104 cm³/mol. The molecule has 7 nitrogen and oxygen atoms in total. The van der Waals surface area contributed by atoms with E-state index in [2.05, 4.69) is 15.7 Å². The fraction of sp³-hybridized carbons (Fsp3) is 0.476. The molecule has 152 valence electrons.